The number of halogens is 1. The van der Waals surface area contributed by atoms with Gasteiger partial charge in [0.05, 0.1) is 10.6 Å². The quantitative estimate of drug-likeness (QED) is 0.326. The first-order valence-electron chi connectivity index (χ1n) is 12.1. The minimum Gasteiger partial charge on any atom is -0.324 e. The van der Waals surface area contributed by atoms with Gasteiger partial charge in [-0.25, -0.2) is 22.8 Å². The van der Waals surface area contributed by atoms with Gasteiger partial charge in [-0.3, -0.25) is 4.90 Å². The van der Waals surface area contributed by atoms with E-state index in [1.807, 2.05) is 0 Å². The molecule has 0 unspecified atom stereocenters. The summed E-state index contributed by atoms with van der Waals surface area (Å²) in [6.45, 7) is 1.90. The lowest BCUT2D eigenvalue weighted by Gasteiger charge is -2.36. The summed E-state index contributed by atoms with van der Waals surface area (Å²) in [4.78, 5) is 12.6. The van der Waals surface area contributed by atoms with Gasteiger partial charge in [0.25, 0.3) is 0 Å². The molecule has 1 aliphatic rings. The van der Waals surface area contributed by atoms with Gasteiger partial charge in [-0.2, -0.15) is 4.31 Å². The number of sulfonamides is 1. The zero-order valence-corrected chi connectivity index (χ0v) is 22.1. The first-order chi connectivity index (χ1) is 17.9. The van der Waals surface area contributed by atoms with Crippen LogP contribution in [-0.2, 0) is 16.6 Å². The van der Waals surface area contributed by atoms with Crippen LogP contribution >= 0.6 is 11.3 Å². The zero-order valence-electron chi connectivity index (χ0n) is 20.4. The lowest BCUT2D eigenvalue weighted by atomic mass is 10.1. The van der Waals surface area contributed by atoms with Crippen LogP contribution < -0.4 is 5.32 Å². The van der Waals surface area contributed by atoms with E-state index >= 15 is 0 Å². The van der Waals surface area contributed by atoms with Gasteiger partial charge in [0.2, 0.25) is 16.0 Å². The fourth-order valence-corrected chi connectivity index (χ4v) is 6.73. The Kier molecular flexibility index (Phi) is 7.61. The molecule has 0 radical (unpaired) electrons. The minimum absolute atomic E-state index is 0.268. The Morgan fingerprint density at radius 2 is 1.78 bits per heavy atom. The zero-order chi connectivity index (χ0) is 25.8. The van der Waals surface area contributed by atoms with Crippen molar-refractivity contribution in [3.05, 3.63) is 89.0 Å². The minimum atomic E-state index is -3.57. The van der Waals surface area contributed by atoms with Crippen molar-refractivity contribution < 1.29 is 12.8 Å². The molecule has 1 aliphatic heterocycles. The molecule has 4 aromatic rings. The van der Waals surface area contributed by atoms with Gasteiger partial charge in [0, 0.05) is 48.0 Å². The maximum atomic E-state index is 13.3. The Morgan fingerprint density at radius 1 is 1.05 bits per heavy atom. The van der Waals surface area contributed by atoms with Crippen molar-refractivity contribution in [1.29, 1.82) is 0 Å². The van der Waals surface area contributed by atoms with Crippen molar-refractivity contribution in [2.75, 3.05) is 25.5 Å². The Bertz CT molecular complexity index is 1420. The first-order valence-corrected chi connectivity index (χ1v) is 14.4. The molecule has 1 saturated heterocycles. The van der Waals surface area contributed by atoms with Crippen LogP contribution in [0, 0.1) is 5.82 Å². The second-order valence-electron chi connectivity index (χ2n) is 9.05. The van der Waals surface area contributed by atoms with E-state index in [4.69, 9.17) is 0 Å². The topological polar surface area (TPSA) is 78.4 Å². The van der Waals surface area contributed by atoms with Gasteiger partial charge in [-0.05, 0) is 85.9 Å². The van der Waals surface area contributed by atoms with Crippen molar-refractivity contribution in [2.24, 2.45) is 0 Å². The third-order valence-corrected chi connectivity index (χ3v) is 9.35. The molecule has 0 amide bonds. The SMILES string of the molecule is CN(Cc1cccs1)C1CCN(S(=O)(=O)c2ccc(Nc3nccc(-c4ccc(F)cc4)n3)cc2)CC1. The number of aromatic nitrogens is 2. The summed E-state index contributed by atoms with van der Waals surface area (Å²) in [7, 11) is -1.46. The average Bonchev–Trinajstić information content (AvgIpc) is 3.43. The molecule has 0 atom stereocenters. The maximum Gasteiger partial charge on any atom is 0.243 e. The van der Waals surface area contributed by atoms with Gasteiger partial charge in [0.15, 0.2) is 0 Å². The normalized spacial score (nSPS) is 15.2. The predicted molar refractivity (Wildman–Crippen MR) is 145 cm³/mol. The summed E-state index contributed by atoms with van der Waals surface area (Å²) < 4.78 is 41.3. The summed E-state index contributed by atoms with van der Waals surface area (Å²) in [5, 5.41) is 5.19. The van der Waals surface area contributed by atoms with Crippen LogP contribution in [0.25, 0.3) is 11.3 Å². The fourth-order valence-electron chi connectivity index (χ4n) is 4.49. The Hall–Kier alpha value is -3.18. The molecule has 0 spiro atoms. The van der Waals surface area contributed by atoms with Gasteiger partial charge in [0.1, 0.15) is 5.82 Å². The summed E-state index contributed by atoms with van der Waals surface area (Å²) in [5.41, 5.74) is 2.10. The monoisotopic (exact) mass is 537 g/mol. The Labute approximate surface area is 220 Å². The molecule has 7 nitrogen and oxygen atoms in total. The van der Waals surface area contributed by atoms with E-state index in [0.29, 0.717) is 36.5 Å². The van der Waals surface area contributed by atoms with E-state index in [-0.39, 0.29) is 10.7 Å². The first kappa shape index (κ1) is 25.5. The number of hydrogen-bond acceptors (Lipinski definition) is 7. The molecular weight excluding hydrogens is 509 g/mol. The van der Waals surface area contributed by atoms with Crippen LogP contribution in [0.3, 0.4) is 0 Å². The molecule has 10 heteroatoms. The molecule has 0 bridgehead atoms. The second kappa shape index (κ2) is 11.1. The molecule has 5 rings (SSSR count). The number of anilines is 2. The van der Waals surface area contributed by atoms with E-state index < -0.39 is 10.0 Å². The van der Waals surface area contributed by atoms with Crippen LogP contribution in [-0.4, -0.2) is 53.8 Å². The molecule has 1 N–H and O–H groups in total. The highest BCUT2D eigenvalue weighted by Gasteiger charge is 2.30. The standard InChI is InChI=1S/C27H28FN5O2S2/c1-32(19-24-3-2-18-36-24)23-13-16-33(17-14-23)37(34,35)25-10-8-22(9-11-25)30-27-29-15-12-26(31-27)20-4-6-21(28)7-5-20/h2-12,15,18,23H,13-14,16-17,19H2,1H3,(H,29,30,31). The van der Waals surface area contributed by atoms with Gasteiger partial charge < -0.3 is 5.32 Å². The highest BCUT2D eigenvalue weighted by atomic mass is 32.2. The van der Waals surface area contributed by atoms with E-state index in [1.165, 1.54) is 17.0 Å². The number of nitrogens with one attached hydrogen (secondary N) is 1. The Balaban J connectivity index is 1.20. The smallest absolute Gasteiger partial charge is 0.243 e. The summed E-state index contributed by atoms with van der Waals surface area (Å²) in [6.07, 6.45) is 3.24. The van der Waals surface area contributed by atoms with Crippen molar-refractivity contribution in [3.63, 3.8) is 0 Å². The second-order valence-corrected chi connectivity index (χ2v) is 12.0. The highest BCUT2D eigenvalue weighted by molar-refractivity contribution is 7.89. The lowest BCUT2D eigenvalue weighted by Crippen LogP contribution is -2.45. The molecule has 2 aromatic heterocycles. The summed E-state index contributed by atoms with van der Waals surface area (Å²) in [6, 6.07) is 19.0. The largest absolute Gasteiger partial charge is 0.324 e. The lowest BCUT2D eigenvalue weighted by molar-refractivity contribution is 0.163. The molecule has 3 heterocycles. The molecule has 0 saturated carbocycles. The molecule has 2 aromatic carbocycles. The van der Waals surface area contributed by atoms with E-state index in [2.05, 4.69) is 44.7 Å². The molecule has 0 aliphatic carbocycles. The van der Waals surface area contributed by atoms with E-state index in [1.54, 1.807) is 64.3 Å². The fraction of sp³-hybridized carbons (Fsp3) is 0.259. The van der Waals surface area contributed by atoms with Crippen molar-refractivity contribution >= 4 is 33.0 Å². The van der Waals surface area contributed by atoms with Crippen LogP contribution in [0.4, 0.5) is 16.0 Å². The molecule has 192 valence electrons. The Morgan fingerprint density at radius 3 is 2.46 bits per heavy atom. The average molecular weight is 538 g/mol. The molecule has 1 fully saturated rings. The van der Waals surface area contributed by atoms with Gasteiger partial charge in [-0.15, -0.1) is 11.3 Å². The number of benzene rings is 2. The number of piperidine rings is 1. The van der Waals surface area contributed by atoms with Crippen LogP contribution in [0.5, 0.6) is 0 Å². The molecule has 37 heavy (non-hydrogen) atoms. The van der Waals surface area contributed by atoms with E-state index in [0.717, 1.165) is 24.9 Å². The van der Waals surface area contributed by atoms with Gasteiger partial charge >= 0.3 is 0 Å². The number of nitrogens with zero attached hydrogens (tertiary/aromatic N) is 4. The van der Waals surface area contributed by atoms with Crippen molar-refractivity contribution in [2.45, 2.75) is 30.3 Å². The van der Waals surface area contributed by atoms with Crippen LogP contribution in [0.2, 0.25) is 0 Å². The third kappa shape index (κ3) is 6.04. The predicted octanol–water partition coefficient (Wildman–Crippen LogP) is 5.37. The third-order valence-electron chi connectivity index (χ3n) is 6.58. The van der Waals surface area contributed by atoms with Crippen LogP contribution in [0.15, 0.2) is 83.2 Å². The van der Waals surface area contributed by atoms with Crippen molar-refractivity contribution in [3.8, 4) is 11.3 Å². The molecular formula is C27H28FN5O2S2. The number of hydrogen-bond donors (Lipinski definition) is 1. The summed E-state index contributed by atoms with van der Waals surface area (Å²) in [5.74, 6) is 0.0585. The van der Waals surface area contributed by atoms with Crippen LogP contribution in [0.1, 0.15) is 17.7 Å². The maximum absolute atomic E-state index is 13.3. The highest BCUT2D eigenvalue weighted by Crippen LogP contribution is 2.26. The van der Waals surface area contributed by atoms with Crippen molar-refractivity contribution in [1.82, 2.24) is 19.2 Å². The van der Waals surface area contributed by atoms with E-state index in [9.17, 15) is 12.8 Å². The van der Waals surface area contributed by atoms with Gasteiger partial charge in [-0.1, -0.05) is 6.07 Å². The number of rotatable bonds is 8. The summed E-state index contributed by atoms with van der Waals surface area (Å²) >= 11 is 1.75. The number of thiophene rings is 1.